The summed E-state index contributed by atoms with van der Waals surface area (Å²) in [5.74, 6) is -0.143. The fourth-order valence-electron chi connectivity index (χ4n) is 11.3. The first-order valence-electron chi connectivity index (χ1n) is 38.0. The molecule has 88 heavy (non-hydrogen) atoms. The molecule has 3 N–H and O–H groups in total. The van der Waals surface area contributed by atoms with Gasteiger partial charge in [0.15, 0.2) is 0 Å². The van der Waals surface area contributed by atoms with E-state index < -0.39 is 20.0 Å². The molecule has 0 aliphatic carbocycles. The maximum Gasteiger partial charge on any atom is 0.472 e. The molecule has 8 nitrogen and oxygen atoms in total. The summed E-state index contributed by atoms with van der Waals surface area (Å²) in [5, 5.41) is 14.2. The molecule has 0 spiro atoms. The lowest BCUT2D eigenvalue weighted by atomic mass is 10.0. The molecular weight excluding hydrogens is 1100 g/mol. The van der Waals surface area contributed by atoms with Gasteiger partial charge in [-0.25, -0.2) is 4.57 Å². The van der Waals surface area contributed by atoms with E-state index in [1.807, 2.05) is 21.1 Å². The highest BCUT2D eigenvalue weighted by molar-refractivity contribution is 7.47. The molecule has 0 bridgehead atoms. The van der Waals surface area contributed by atoms with Gasteiger partial charge < -0.3 is 19.8 Å². The highest BCUT2D eigenvalue weighted by Gasteiger charge is 2.28. The lowest BCUT2D eigenvalue weighted by Gasteiger charge is -2.26. The molecule has 0 saturated carbocycles. The minimum Gasteiger partial charge on any atom is -0.391 e. The van der Waals surface area contributed by atoms with E-state index in [2.05, 4.69) is 104 Å². The Labute approximate surface area is 547 Å². The van der Waals surface area contributed by atoms with Crippen molar-refractivity contribution in [1.29, 1.82) is 0 Å². The van der Waals surface area contributed by atoms with Crippen LogP contribution < -0.4 is 5.32 Å². The Balaban J connectivity index is 4.01. The summed E-state index contributed by atoms with van der Waals surface area (Å²) in [6, 6.07) is -0.768. The normalized spacial score (nSPS) is 14.0. The largest absolute Gasteiger partial charge is 0.472 e. The molecule has 0 aliphatic heterocycles. The quantitative estimate of drug-likeness (QED) is 0.0243. The van der Waals surface area contributed by atoms with Gasteiger partial charge in [-0.1, -0.05) is 369 Å². The number of unbranched alkanes of at least 4 members (excludes halogenated alkanes) is 43. The van der Waals surface area contributed by atoms with Crippen LogP contribution in [0, 0.1) is 0 Å². The van der Waals surface area contributed by atoms with Crippen LogP contribution in [-0.4, -0.2) is 73.4 Å². The number of hydrogen-bond acceptors (Lipinski definition) is 5. The van der Waals surface area contributed by atoms with E-state index in [1.54, 1.807) is 0 Å². The Morgan fingerprint density at radius 3 is 1.00 bits per heavy atom. The fourth-order valence-corrected chi connectivity index (χ4v) is 12.1. The third-order valence-corrected chi connectivity index (χ3v) is 18.1. The standard InChI is InChI=1S/C79H147N2O6P/c1-6-8-10-12-14-16-18-20-22-24-26-28-30-32-34-36-38-39-40-41-43-45-47-49-51-53-55-57-59-61-63-65-67-69-71-73-79(83)80-77(76-87-88(84,85)86-75-74-81(3,4)5)78(82)72-70-68-66-64-62-60-58-56-54-52-50-48-46-44-42-37-35-33-31-29-27-25-23-21-19-17-15-13-11-9-7-2/h8,10,14,16,20,22,26,28,32,34,38-39,41,43,77-78,82H,6-7,9,11-13,15,17-19,21,23-25,27,29-31,33,35-37,40,42,44-76H2,1-5H3,(H-,80,83,84,85)/p+1/b10-8-,16-14-,22-20-,28-26-,34-32-,39-38-,43-41-. The number of phosphoric acid groups is 1. The lowest BCUT2D eigenvalue weighted by Crippen LogP contribution is -2.46. The van der Waals surface area contributed by atoms with Crippen molar-refractivity contribution in [1.82, 2.24) is 5.32 Å². The molecule has 514 valence electrons. The maximum atomic E-state index is 13.1. The second-order valence-corrected chi connectivity index (χ2v) is 28.5. The third kappa shape index (κ3) is 71.1. The van der Waals surface area contributed by atoms with E-state index in [9.17, 15) is 19.4 Å². The van der Waals surface area contributed by atoms with E-state index in [0.29, 0.717) is 23.9 Å². The van der Waals surface area contributed by atoms with Crippen LogP contribution in [0.4, 0.5) is 0 Å². The summed E-state index contributed by atoms with van der Waals surface area (Å²) < 4.78 is 23.9. The number of nitrogens with one attached hydrogen (secondary N) is 1. The van der Waals surface area contributed by atoms with Crippen LogP contribution in [-0.2, 0) is 18.4 Å². The third-order valence-electron chi connectivity index (χ3n) is 17.2. The number of quaternary nitrogens is 1. The predicted molar refractivity (Wildman–Crippen MR) is 387 cm³/mol. The minimum absolute atomic E-state index is 0.0728. The van der Waals surface area contributed by atoms with Gasteiger partial charge in [0.1, 0.15) is 13.2 Å². The number of hydrogen-bond donors (Lipinski definition) is 3. The Bertz CT molecular complexity index is 1710. The fraction of sp³-hybridized carbons (Fsp3) is 0.810. The Kier molecular flexibility index (Phi) is 67.2. The van der Waals surface area contributed by atoms with Gasteiger partial charge in [0, 0.05) is 6.42 Å². The summed E-state index contributed by atoms with van der Waals surface area (Å²) in [6.45, 7) is 4.82. The molecule has 3 unspecified atom stereocenters. The molecule has 9 heteroatoms. The SMILES string of the molecule is CC/C=C\C/C=C\C/C=C\C/C=C\C/C=C\C/C=C\C/C=C\CCCCCCCCCCCCCCCC(=O)NC(COP(=O)(O)OCC[N+](C)(C)C)C(O)CCCCCCCCCCCCCCCCCCCCCCCCCCCCCCCCC. The average Bonchev–Trinajstić information content (AvgIpc) is 3.64. The number of amides is 1. The van der Waals surface area contributed by atoms with Gasteiger partial charge in [-0.2, -0.15) is 0 Å². The molecule has 0 aromatic carbocycles. The molecule has 0 fully saturated rings. The van der Waals surface area contributed by atoms with Crippen molar-refractivity contribution in [2.45, 2.75) is 373 Å². The molecule has 0 saturated heterocycles. The first kappa shape index (κ1) is 85.7. The van der Waals surface area contributed by atoms with Gasteiger partial charge in [-0.05, 0) is 70.6 Å². The molecule has 0 radical (unpaired) electrons. The highest BCUT2D eigenvalue weighted by atomic mass is 31.2. The van der Waals surface area contributed by atoms with Crippen LogP contribution in [0.5, 0.6) is 0 Å². The summed E-state index contributed by atoms with van der Waals surface area (Å²) in [5.41, 5.74) is 0. The number of likely N-dealkylation sites (N-methyl/N-ethyl adjacent to an activating group) is 1. The zero-order chi connectivity index (χ0) is 64.1. The van der Waals surface area contributed by atoms with Crippen LogP contribution in [0.15, 0.2) is 85.1 Å². The number of carbonyl (C=O) groups excluding carboxylic acids is 1. The molecular formula is C79H148N2O6P+. The zero-order valence-corrected chi connectivity index (χ0v) is 59.9. The summed E-state index contributed by atoms with van der Waals surface area (Å²) in [7, 11) is 1.62. The number of allylic oxidation sites excluding steroid dienone is 14. The zero-order valence-electron chi connectivity index (χ0n) is 59.0. The topological polar surface area (TPSA) is 105 Å². The van der Waals surface area contributed by atoms with E-state index in [4.69, 9.17) is 9.05 Å². The summed E-state index contributed by atoms with van der Waals surface area (Å²) in [4.78, 5) is 23.5. The first-order valence-corrected chi connectivity index (χ1v) is 39.4. The van der Waals surface area contributed by atoms with Crippen molar-refractivity contribution in [3.05, 3.63) is 85.1 Å². The van der Waals surface area contributed by atoms with Gasteiger partial charge in [0.2, 0.25) is 5.91 Å². The molecule has 3 atom stereocenters. The number of nitrogens with zero attached hydrogens (tertiary/aromatic N) is 1. The van der Waals surface area contributed by atoms with Gasteiger partial charge in [-0.15, -0.1) is 0 Å². The minimum atomic E-state index is -4.34. The van der Waals surface area contributed by atoms with Crippen molar-refractivity contribution in [3.8, 4) is 0 Å². The van der Waals surface area contributed by atoms with Crippen molar-refractivity contribution < 1.29 is 32.9 Å². The molecule has 0 heterocycles. The summed E-state index contributed by atoms with van der Waals surface area (Å²) in [6.07, 6.45) is 98.5. The smallest absolute Gasteiger partial charge is 0.391 e. The Hall–Kier alpha value is -2.32. The van der Waals surface area contributed by atoms with Crippen LogP contribution in [0.2, 0.25) is 0 Å². The maximum absolute atomic E-state index is 13.1. The molecule has 0 aromatic rings. The van der Waals surface area contributed by atoms with Crippen LogP contribution in [0.3, 0.4) is 0 Å². The van der Waals surface area contributed by atoms with Crippen molar-refractivity contribution >= 4 is 13.7 Å². The number of carbonyl (C=O) groups is 1. The van der Waals surface area contributed by atoms with Gasteiger partial charge in [-0.3, -0.25) is 13.8 Å². The molecule has 0 rings (SSSR count). The molecule has 0 aromatic heterocycles. The van der Waals surface area contributed by atoms with E-state index in [0.717, 1.165) is 83.5 Å². The van der Waals surface area contributed by atoms with Gasteiger partial charge in [0.25, 0.3) is 0 Å². The van der Waals surface area contributed by atoms with E-state index in [1.165, 1.54) is 250 Å². The van der Waals surface area contributed by atoms with Gasteiger partial charge in [0.05, 0.1) is 39.9 Å². The summed E-state index contributed by atoms with van der Waals surface area (Å²) >= 11 is 0. The van der Waals surface area contributed by atoms with Crippen molar-refractivity contribution in [3.63, 3.8) is 0 Å². The van der Waals surface area contributed by atoms with E-state index >= 15 is 0 Å². The second kappa shape index (κ2) is 69.0. The van der Waals surface area contributed by atoms with Crippen LogP contribution >= 0.6 is 7.82 Å². The molecule has 0 aliphatic rings. The Morgan fingerprint density at radius 2 is 0.682 bits per heavy atom. The van der Waals surface area contributed by atoms with E-state index in [-0.39, 0.29) is 19.1 Å². The average molecular weight is 1250 g/mol. The van der Waals surface area contributed by atoms with Gasteiger partial charge >= 0.3 is 7.82 Å². The first-order chi connectivity index (χ1) is 43.0. The van der Waals surface area contributed by atoms with Crippen molar-refractivity contribution in [2.75, 3.05) is 40.9 Å². The Morgan fingerprint density at radius 1 is 0.398 bits per heavy atom. The highest BCUT2D eigenvalue weighted by Crippen LogP contribution is 2.43. The number of aliphatic hydroxyl groups excluding tert-OH is 1. The van der Waals surface area contributed by atoms with Crippen LogP contribution in [0.25, 0.3) is 0 Å². The number of phosphoric ester groups is 1. The van der Waals surface area contributed by atoms with Crippen molar-refractivity contribution in [2.24, 2.45) is 0 Å². The lowest BCUT2D eigenvalue weighted by molar-refractivity contribution is -0.870. The monoisotopic (exact) mass is 1250 g/mol. The van der Waals surface area contributed by atoms with Crippen LogP contribution in [0.1, 0.15) is 361 Å². The second-order valence-electron chi connectivity index (χ2n) is 27.0. The predicted octanol–water partition coefficient (Wildman–Crippen LogP) is 24.7. The number of aliphatic hydroxyl groups is 1. The molecule has 1 amide bonds. The number of rotatable bonds is 70.